The topological polar surface area (TPSA) is 189 Å². The molecule has 1 aliphatic rings. The second-order valence-electron chi connectivity index (χ2n) is 7.84. The molecule has 0 aliphatic carbocycles. The maximum Gasteiger partial charge on any atom is 0.229 e. The predicted octanol–water partition coefficient (Wildman–Crippen LogP) is 0.0671. The van der Waals surface area contributed by atoms with Crippen molar-refractivity contribution in [2.75, 3.05) is 20.8 Å². The summed E-state index contributed by atoms with van der Waals surface area (Å²) in [5.41, 5.74) is -0.347. The summed E-state index contributed by atoms with van der Waals surface area (Å²) in [6.45, 7) is -0.670. The van der Waals surface area contributed by atoms with Gasteiger partial charge in [-0.1, -0.05) is 0 Å². The lowest BCUT2D eigenvalue weighted by molar-refractivity contribution is -0.277. The molecule has 12 heteroatoms. The fourth-order valence-corrected chi connectivity index (χ4v) is 3.80. The molecule has 1 saturated heterocycles. The molecule has 4 rings (SSSR count). The van der Waals surface area contributed by atoms with Crippen molar-refractivity contribution in [2.45, 2.75) is 30.7 Å². The van der Waals surface area contributed by atoms with Crippen LogP contribution in [0.4, 0.5) is 0 Å². The number of ether oxygens (including phenoxy) is 4. The first-order chi connectivity index (χ1) is 16.7. The Bertz CT molecular complexity index is 1260. The van der Waals surface area contributed by atoms with E-state index in [1.54, 1.807) is 0 Å². The molecular formula is C23H24O12. The predicted molar refractivity (Wildman–Crippen MR) is 119 cm³/mol. The third kappa shape index (κ3) is 4.45. The number of phenolic OH excluding ortho intramolecular Hbond substituents is 2. The smallest absolute Gasteiger partial charge is 0.229 e. The van der Waals surface area contributed by atoms with Gasteiger partial charge in [-0.3, -0.25) is 4.79 Å². The Labute approximate surface area is 197 Å². The molecule has 1 aromatic heterocycles. The lowest BCUT2D eigenvalue weighted by Gasteiger charge is -2.39. The van der Waals surface area contributed by atoms with Gasteiger partial charge in [0.15, 0.2) is 16.9 Å². The monoisotopic (exact) mass is 492 g/mol. The van der Waals surface area contributed by atoms with Gasteiger partial charge >= 0.3 is 0 Å². The van der Waals surface area contributed by atoms with Gasteiger partial charge in [-0.2, -0.15) is 0 Å². The Morgan fingerprint density at radius 1 is 0.886 bits per heavy atom. The molecule has 35 heavy (non-hydrogen) atoms. The van der Waals surface area contributed by atoms with E-state index in [-0.39, 0.29) is 45.5 Å². The molecule has 1 fully saturated rings. The SMILES string of the molecule is COc1cc(-c2cc(=O)c3c(O[C@H]4O[C@H](CO)[C@@H](O)[C@H](O)[C@H]4O)cc(O)cc3o2)cc(OC)c1O. The van der Waals surface area contributed by atoms with Crippen LogP contribution in [-0.4, -0.2) is 82.2 Å². The summed E-state index contributed by atoms with van der Waals surface area (Å²) in [7, 11) is 2.69. The van der Waals surface area contributed by atoms with E-state index in [4.69, 9.17) is 23.4 Å². The van der Waals surface area contributed by atoms with Gasteiger partial charge in [-0.15, -0.1) is 0 Å². The van der Waals surface area contributed by atoms with E-state index in [0.29, 0.717) is 5.56 Å². The quantitative estimate of drug-likeness (QED) is 0.272. The van der Waals surface area contributed by atoms with Crippen molar-refractivity contribution in [1.29, 1.82) is 0 Å². The zero-order valence-electron chi connectivity index (χ0n) is 18.6. The van der Waals surface area contributed by atoms with Crippen LogP contribution in [-0.2, 0) is 4.74 Å². The van der Waals surface area contributed by atoms with Gasteiger partial charge in [-0.05, 0) is 12.1 Å². The average Bonchev–Trinajstić information content (AvgIpc) is 2.83. The van der Waals surface area contributed by atoms with Gasteiger partial charge in [0.1, 0.15) is 52.6 Å². The fourth-order valence-electron chi connectivity index (χ4n) is 3.80. The van der Waals surface area contributed by atoms with E-state index in [0.717, 1.165) is 12.1 Å². The molecule has 5 atom stereocenters. The molecule has 6 N–H and O–H groups in total. The van der Waals surface area contributed by atoms with Gasteiger partial charge in [0.2, 0.25) is 12.0 Å². The Kier molecular flexibility index (Phi) is 6.74. The van der Waals surface area contributed by atoms with Gasteiger partial charge in [0.25, 0.3) is 0 Å². The maximum absolute atomic E-state index is 13.1. The maximum atomic E-state index is 13.1. The summed E-state index contributed by atoms with van der Waals surface area (Å²) in [4.78, 5) is 13.1. The second-order valence-corrected chi connectivity index (χ2v) is 7.84. The normalized spacial score (nSPS) is 24.3. The van der Waals surface area contributed by atoms with Gasteiger partial charge < -0.3 is 54.0 Å². The number of aromatic hydroxyl groups is 2. The van der Waals surface area contributed by atoms with Crippen LogP contribution in [0.3, 0.4) is 0 Å². The fraction of sp³-hybridized carbons (Fsp3) is 0.348. The molecule has 2 heterocycles. The Morgan fingerprint density at radius 3 is 2.14 bits per heavy atom. The zero-order valence-corrected chi connectivity index (χ0v) is 18.6. The Morgan fingerprint density at radius 2 is 1.54 bits per heavy atom. The van der Waals surface area contributed by atoms with Crippen molar-refractivity contribution in [3.63, 3.8) is 0 Å². The summed E-state index contributed by atoms with van der Waals surface area (Å²) in [6.07, 6.45) is -7.84. The summed E-state index contributed by atoms with van der Waals surface area (Å²) < 4.78 is 27.0. The van der Waals surface area contributed by atoms with Gasteiger partial charge in [0, 0.05) is 23.8 Å². The molecule has 3 aromatic rings. The van der Waals surface area contributed by atoms with E-state index in [1.165, 1.54) is 32.4 Å². The number of hydrogen-bond acceptors (Lipinski definition) is 12. The number of methoxy groups -OCH3 is 2. The van der Waals surface area contributed by atoms with Crippen LogP contribution < -0.4 is 19.6 Å². The third-order valence-electron chi connectivity index (χ3n) is 5.64. The molecule has 0 spiro atoms. The number of rotatable bonds is 6. The number of aliphatic hydroxyl groups is 4. The molecule has 0 amide bonds. The number of hydrogen-bond donors (Lipinski definition) is 6. The Hall–Kier alpha value is -3.55. The van der Waals surface area contributed by atoms with E-state index in [9.17, 15) is 35.4 Å². The molecule has 188 valence electrons. The summed E-state index contributed by atoms with van der Waals surface area (Å²) in [6, 6.07) is 6.26. The molecule has 2 aromatic carbocycles. The van der Waals surface area contributed by atoms with Gasteiger partial charge in [0.05, 0.1) is 20.8 Å². The van der Waals surface area contributed by atoms with Crippen LogP contribution in [0.25, 0.3) is 22.3 Å². The minimum atomic E-state index is -1.73. The molecule has 0 radical (unpaired) electrons. The van der Waals surface area contributed by atoms with Crippen LogP contribution in [0.15, 0.2) is 39.5 Å². The second kappa shape index (κ2) is 9.60. The highest BCUT2D eigenvalue weighted by atomic mass is 16.7. The molecule has 0 saturated carbocycles. The van der Waals surface area contributed by atoms with E-state index < -0.39 is 42.7 Å². The Balaban J connectivity index is 1.78. The van der Waals surface area contributed by atoms with Crippen LogP contribution in [0.2, 0.25) is 0 Å². The molecule has 12 nitrogen and oxygen atoms in total. The number of fused-ring (bicyclic) bond motifs is 1. The van der Waals surface area contributed by atoms with Crippen molar-refractivity contribution in [1.82, 2.24) is 0 Å². The average molecular weight is 492 g/mol. The molecular weight excluding hydrogens is 468 g/mol. The summed E-state index contributed by atoms with van der Waals surface area (Å²) >= 11 is 0. The lowest BCUT2D eigenvalue weighted by atomic mass is 9.99. The summed E-state index contributed by atoms with van der Waals surface area (Å²) in [5, 5.41) is 59.8. The minimum Gasteiger partial charge on any atom is -0.508 e. The third-order valence-corrected chi connectivity index (χ3v) is 5.64. The first kappa shape index (κ1) is 24.6. The molecule has 1 aliphatic heterocycles. The highest BCUT2D eigenvalue weighted by Crippen LogP contribution is 2.41. The van der Waals surface area contributed by atoms with Crippen molar-refractivity contribution >= 4 is 11.0 Å². The number of aliphatic hydroxyl groups excluding tert-OH is 4. The largest absolute Gasteiger partial charge is 0.508 e. The lowest BCUT2D eigenvalue weighted by Crippen LogP contribution is -2.60. The molecule has 0 bridgehead atoms. The highest BCUT2D eigenvalue weighted by Gasteiger charge is 2.45. The van der Waals surface area contributed by atoms with E-state index >= 15 is 0 Å². The van der Waals surface area contributed by atoms with Crippen molar-refractivity contribution in [2.24, 2.45) is 0 Å². The first-order valence-corrected chi connectivity index (χ1v) is 10.4. The van der Waals surface area contributed by atoms with Gasteiger partial charge in [-0.25, -0.2) is 0 Å². The van der Waals surface area contributed by atoms with Crippen molar-refractivity contribution in [3.05, 3.63) is 40.6 Å². The van der Waals surface area contributed by atoms with Crippen molar-refractivity contribution in [3.8, 4) is 40.1 Å². The standard InChI is InChI=1S/C23H24O12/c1-31-15-3-9(4-16(32-2)19(15)27)12-7-11(26)18-13(33-12)5-10(25)6-14(18)34-23-22(30)21(29)20(28)17(8-24)35-23/h3-7,17,20-25,27-30H,8H2,1-2H3/t17-,20-,21+,22-,23+/m1/s1. The van der Waals surface area contributed by atoms with E-state index in [1.807, 2.05) is 0 Å². The van der Waals surface area contributed by atoms with E-state index in [2.05, 4.69) is 0 Å². The van der Waals surface area contributed by atoms with Crippen molar-refractivity contribution < 1.29 is 54.0 Å². The molecule has 0 unspecified atom stereocenters. The van der Waals surface area contributed by atoms with Crippen LogP contribution in [0, 0.1) is 0 Å². The zero-order chi connectivity index (χ0) is 25.4. The first-order valence-electron chi connectivity index (χ1n) is 10.4. The summed E-state index contributed by atoms with van der Waals surface area (Å²) in [5.74, 6) is -0.615. The number of benzene rings is 2. The van der Waals surface area contributed by atoms with Crippen LogP contribution in [0.5, 0.6) is 28.7 Å². The number of phenols is 2. The van der Waals surface area contributed by atoms with Crippen LogP contribution >= 0.6 is 0 Å². The minimum absolute atomic E-state index is 0.0588. The highest BCUT2D eigenvalue weighted by molar-refractivity contribution is 5.86. The van der Waals surface area contributed by atoms with Crippen LogP contribution in [0.1, 0.15) is 0 Å².